The van der Waals surface area contributed by atoms with Gasteiger partial charge < -0.3 is 10.1 Å². The molecule has 2 aromatic rings. The summed E-state index contributed by atoms with van der Waals surface area (Å²) in [5.41, 5.74) is 2.62. The molecule has 160 valence electrons. The molecule has 29 heavy (non-hydrogen) atoms. The van der Waals surface area contributed by atoms with Gasteiger partial charge in [-0.1, -0.05) is 67.8 Å². The summed E-state index contributed by atoms with van der Waals surface area (Å²) in [6.45, 7) is 5.09. The summed E-state index contributed by atoms with van der Waals surface area (Å²) in [5.74, 6) is 1.81. The summed E-state index contributed by atoms with van der Waals surface area (Å²) in [6.07, 6.45) is 6.85. The maximum Gasteiger partial charge on any atom is 0.124 e. The van der Waals surface area contributed by atoms with Crippen molar-refractivity contribution in [2.45, 2.75) is 44.8 Å². The van der Waals surface area contributed by atoms with Gasteiger partial charge in [-0.3, -0.25) is 4.90 Å². The Kier molecular flexibility index (Phi) is 10.3. The fraction of sp³-hybridized carbons (Fsp3) is 0.500. The fourth-order valence-corrected chi connectivity index (χ4v) is 4.75. The quantitative estimate of drug-likeness (QED) is 0.634. The van der Waals surface area contributed by atoms with E-state index in [0.29, 0.717) is 12.6 Å². The zero-order valence-electron chi connectivity index (χ0n) is 17.1. The molecular weight excluding hydrogens is 403 g/mol. The highest BCUT2D eigenvalue weighted by molar-refractivity contribution is 5.85. The smallest absolute Gasteiger partial charge is 0.124 e. The lowest BCUT2D eigenvalue weighted by molar-refractivity contribution is 0.100. The van der Waals surface area contributed by atoms with Gasteiger partial charge in [0.15, 0.2) is 0 Å². The molecule has 0 unspecified atom stereocenters. The molecule has 3 nitrogen and oxygen atoms in total. The number of hydrogen-bond acceptors (Lipinski definition) is 3. The first-order chi connectivity index (χ1) is 13.4. The average Bonchev–Trinajstić information content (AvgIpc) is 2.76. The first-order valence-electron chi connectivity index (χ1n) is 10.6. The van der Waals surface area contributed by atoms with Crippen LogP contribution in [0.3, 0.4) is 0 Å². The second-order valence-corrected chi connectivity index (χ2v) is 7.94. The number of hydrogen-bond donors (Lipinski definition) is 1. The van der Waals surface area contributed by atoms with E-state index < -0.39 is 0 Å². The highest BCUT2D eigenvalue weighted by Crippen LogP contribution is 2.41. The first kappa shape index (κ1) is 24.0. The Bertz CT molecular complexity index is 683. The molecule has 1 aliphatic heterocycles. The molecule has 1 heterocycles. The standard InChI is InChI=1S/C24H32N2O.2ClH/c1-3-9-20(10-4-1)19-27-23-14-8-7-13-22(23)24(21-11-5-2-6-12-21)26-17-15-25-16-18-26;;/h1,3-4,7-10,13-14,21,24-25H,2,5-6,11-12,15-19H2;2*1H/t24-;;/m0../s1. The van der Waals surface area contributed by atoms with Gasteiger partial charge in [0.2, 0.25) is 0 Å². The third-order valence-electron chi connectivity index (χ3n) is 6.12. The maximum atomic E-state index is 6.34. The van der Waals surface area contributed by atoms with Gasteiger partial charge in [0, 0.05) is 37.8 Å². The number of halogens is 2. The second kappa shape index (κ2) is 12.4. The van der Waals surface area contributed by atoms with Crippen molar-refractivity contribution in [1.82, 2.24) is 10.2 Å². The van der Waals surface area contributed by atoms with E-state index in [2.05, 4.69) is 64.8 Å². The summed E-state index contributed by atoms with van der Waals surface area (Å²) in [6, 6.07) is 19.7. The van der Waals surface area contributed by atoms with Crippen molar-refractivity contribution in [3.05, 3.63) is 65.7 Å². The van der Waals surface area contributed by atoms with Gasteiger partial charge in [0.25, 0.3) is 0 Å². The summed E-state index contributed by atoms with van der Waals surface area (Å²) >= 11 is 0. The molecule has 0 amide bonds. The molecule has 2 aliphatic rings. The number of nitrogens with one attached hydrogen (secondary N) is 1. The van der Waals surface area contributed by atoms with Crippen LogP contribution in [0.25, 0.3) is 0 Å². The molecule has 1 atom stereocenters. The molecule has 0 radical (unpaired) electrons. The minimum absolute atomic E-state index is 0. The van der Waals surface area contributed by atoms with Crippen molar-refractivity contribution in [1.29, 1.82) is 0 Å². The van der Waals surface area contributed by atoms with E-state index in [1.165, 1.54) is 43.2 Å². The normalized spacial score (nSPS) is 18.9. The monoisotopic (exact) mass is 436 g/mol. The lowest BCUT2D eigenvalue weighted by Gasteiger charge is -2.41. The third-order valence-corrected chi connectivity index (χ3v) is 6.12. The molecule has 1 N–H and O–H groups in total. The van der Waals surface area contributed by atoms with E-state index >= 15 is 0 Å². The average molecular weight is 437 g/mol. The number of rotatable bonds is 6. The molecule has 0 spiro atoms. The van der Waals surface area contributed by atoms with E-state index in [9.17, 15) is 0 Å². The van der Waals surface area contributed by atoms with Gasteiger partial charge in [-0.15, -0.1) is 24.8 Å². The Morgan fingerprint density at radius 3 is 2.24 bits per heavy atom. The topological polar surface area (TPSA) is 24.5 Å². The molecule has 0 aromatic heterocycles. The second-order valence-electron chi connectivity index (χ2n) is 7.94. The SMILES string of the molecule is Cl.Cl.c1ccc(COc2ccccc2[C@H](C2CCCCC2)N2CCNCC2)cc1. The number of para-hydroxylation sites is 1. The van der Waals surface area contributed by atoms with E-state index in [1.54, 1.807) is 0 Å². The van der Waals surface area contributed by atoms with Crippen molar-refractivity contribution in [3.63, 3.8) is 0 Å². The predicted molar refractivity (Wildman–Crippen MR) is 125 cm³/mol. The van der Waals surface area contributed by atoms with E-state index in [1.807, 2.05) is 0 Å². The molecule has 2 aromatic carbocycles. The van der Waals surface area contributed by atoms with E-state index in [0.717, 1.165) is 37.8 Å². The van der Waals surface area contributed by atoms with Crippen LogP contribution in [0.15, 0.2) is 54.6 Å². The zero-order valence-corrected chi connectivity index (χ0v) is 18.7. The van der Waals surface area contributed by atoms with Crippen molar-refractivity contribution in [2.75, 3.05) is 26.2 Å². The number of ether oxygens (including phenoxy) is 1. The van der Waals surface area contributed by atoms with Crippen molar-refractivity contribution >= 4 is 24.8 Å². The van der Waals surface area contributed by atoms with Gasteiger partial charge in [-0.2, -0.15) is 0 Å². The number of benzene rings is 2. The summed E-state index contributed by atoms with van der Waals surface area (Å²) in [5, 5.41) is 3.51. The van der Waals surface area contributed by atoms with Crippen LogP contribution < -0.4 is 10.1 Å². The lowest BCUT2D eigenvalue weighted by Crippen LogP contribution is -2.47. The third kappa shape index (κ3) is 6.36. The van der Waals surface area contributed by atoms with Crippen LogP contribution >= 0.6 is 24.8 Å². The van der Waals surface area contributed by atoms with Gasteiger partial charge in [-0.05, 0) is 30.4 Å². The van der Waals surface area contributed by atoms with E-state index in [4.69, 9.17) is 4.74 Å². The molecule has 0 bridgehead atoms. The molecule has 1 saturated carbocycles. The van der Waals surface area contributed by atoms with Gasteiger partial charge in [0.05, 0.1) is 0 Å². The summed E-state index contributed by atoms with van der Waals surface area (Å²) in [7, 11) is 0. The number of piperazine rings is 1. The Labute approximate surface area is 188 Å². The van der Waals surface area contributed by atoms with Crippen molar-refractivity contribution in [2.24, 2.45) is 5.92 Å². The van der Waals surface area contributed by atoms with Crippen LogP contribution in [-0.2, 0) is 6.61 Å². The highest BCUT2D eigenvalue weighted by Gasteiger charge is 2.32. The van der Waals surface area contributed by atoms with Gasteiger partial charge in [-0.25, -0.2) is 0 Å². The van der Waals surface area contributed by atoms with Crippen LogP contribution in [0.4, 0.5) is 0 Å². The highest BCUT2D eigenvalue weighted by atomic mass is 35.5. The lowest BCUT2D eigenvalue weighted by atomic mass is 9.80. The van der Waals surface area contributed by atoms with Crippen molar-refractivity contribution in [3.8, 4) is 5.75 Å². The molecule has 2 fully saturated rings. The van der Waals surface area contributed by atoms with Gasteiger partial charge in [0.1, 0.15) is 12.4 Å². The fourth-order valence-electron chi connectivity index (χ4n) is 4.75. The molecular formula is C24H34Cl2N2O. The minimum Gasteiger partial charge on any atom is -0.489 e. The molecule has 5 heteroatoms. The van der Waals surface area contributed by atoms with Crippen molar-refractivity contribution < 1.29 is 4.74 Å². The molecule has 1 aliphatic carbocycles. The predicted octanol–water partition coefficient (Wildman–Crippen LogP) is 5.64. The van der Waals surface area contributed by atoms with Crippen LogP contribution in [-0.4, -0.2) is 31.1 Å². The first-order valence-corrected chi connectivity index (χ1v) is 10.6. The largest absolute Gasteiger partial charge is 0.489 e. The summed E-state index contributed by atoms with van der Waals surface area (Å²) in [4.78, 5) is 2.71. The summed E-state index contributed by atoms with van der Waals surface area (Å²) < 4.78 is 6.34. The Morgan fingerprint density at radius 1 is 0.862 bits per heavy atom. The Hall–Kier alpha value is -1.26. The van der Waals surface area contributed by atoms with Crippen LogP contribution in [0.5, 0.6) is 5.75 Å². The molecule has 1 saturated heterocycles. The van der Waals surface area contributed by atoms with Crippen LogP contribution in [0, 0.1) is 5.92 Å². The van der Waals surface area contributed by atoms with E-state index in [-0.39, 0.29) is 24.8 Å². The number of nitrogens with zero attached hydrogens (tertiary/aromatic N) is 1. The van der Waals surface area contributed by atoms with Gasteiger partial charge >= 0.3 is 0 Å². The zero-order chi connectivity index (χ0) is 18.3. The Balaban J connectivity index is 0.00000150. The Morgan fingerprint density at radius 2 is 1.52 bits per heavy atom. The van der Waals surface area contributed by atoms with Crippen LogP contribution in [0.2, 0.25) is 0 Å². The maximum absolute atomic E-state index is 6.34. The minimum atomic E-state index is 0. The van der Waals surface area contributed by atoms with Crippen LogP contribution in [0.1, 0.15) is 49.3 Å². The molecule has 4 rings (SSSR count).